The number of nitrogens with one attached hydrogen (secondary N) is 1. The quantitative estimate of drug-likeness (QED) is 0.823. The van der Waals surface area contributed by atoms with Gasteiger partial charge in [-0.25, -0.2) is 4.98 Å². The molecule has 0 saturated heterocycles. The van der Waals surface area contributed by atoms with Crippen LogP contribution in [0.15, 0.2) is 22.7 Å². The Morgan fingerprint density at radius 3 is 2.67 bits per heavy atom. The van der Waals surface area contributed by atoms with Crippen LogP contribution in [0.5, 0.6) is 0 Å². The Bertz CT molecular complexity index is 601. The van der Waals surface area contributed by atoms with E-state index in [9.17, 15) is 0 Å². The van der Waals surface area contributed by atoms with E-state index in [0.29, 0.717) is 17.2 Å². The lowest BCUT2D eigenvalue weighted by molar-refractivity contribution is 1.11. The van der Waals surface area contributed by atoms with Crippen LogP contribution in [-0.2, 0) is 0 Å². The van der Waals surface area contributed by atoms with Gasteiger partial charge in [0.05, 0.1) is 11.4 Å². The van der Waals surface area contributed by atoms with Gasteiger partial charge in [-0.15, -0.1) is 0 Å². The predicted molar refractivity (Wildman–Crippen MR) is 78.4 cm³/mol. The number of nitrogen functional groups attached to an aromatic ring is 1. The summed E-state index contributed by atoms with van der Waals surface area (Å²) in [6.45, 7) is 3.79. The van der Waals surface area contributed by atoms with Crippen LogP contribution in [0, 0.1) is 13.8 Å². The number of aromatic nitrogens is 2. The Balaban J connectivity index is 2.40. The zero-order valence-corrected chi connectivity index (χ0v) is 12.3. The number of hydrogen-bond donors (Lipinski definition) is 2. The molecule has 6 heteroatoms. The first-order valence-corrected chi connectivity index (χ1v) is 6.47. The van der Waals surface area contributed by atoms with E-state index in [1.54, 1.807) is 6.92 Å². The van der Waals surface area contributed by atoms with Crippen LogP contribution >= 0.6 is 27.5 Å². The number of hydrogen-bond acceptors (Lipinski definition) is 4. The van der Waals surface area contributed by atoms with Crippen molar-refractivity contribution in [3.05, 3.63) is 39.2 Å². The van der Waals surface area contributed by atoms with E-state index in [2.05, 4.69) is 31.2 Å². The second kappa shape index (κ2) is 5.12. The largest absolute Gasteiger partial charge is 0.394 e. The highest BCUT2D eigenvalue weighted by atomic mass is 79.9. The van der Waals surface area contributed by atoms with Crippen LogP contribution in [0.25, 0.3) is 0 Å². The molecule has 1 aromatic heterocycles. The van der Waals surface area contributed by atoms with E-state index >= 15 is 0 Å². The Kier molecular flexibility index (Phi) is 3.73. The van der Waals surface area contributed by atoms with Gasteiger partial charge in [-0.3, -0.25) is 0 Å². The van der Waals surface area contributed by atoms with Gasteiger partial charge in [0.1, 0.15) is 0 Å². The van der Waals surface area contributed by atoms with E-state index in [0.717, 1.165) is 15.7 Å². The van der Waals surface area contributed by atoms with Crippen LogP contribution in [0.2, 0.25) is 5.28 Å². The van der Waals surface area contributed by atoms with Gasteiger partial charge in [0.2, 0.25) is 5.28 Å². The zero-order chi connectivity index (χ0) is 13.3. The summed E-state index contributed by atoms with van der Waals surface area (Å²) in [4.78, 5) is 8.09. The lowest BCUT2D eigenvalue weighted by atomic mass is 10.2. The fraction of sp³-hybridized carbons (Fsp3) is 0.167. The second-order valence-electron chi connectivity index (χ2n) is 3.92. The van der Waals surface area contributed by atoms with Crippen LogP contribution in [-0.4, -0.2) is 9.97 Å². The van der Waals surface area contributed by atoms with Crippen molar-refractivity contribution in [2.75, 3.05) is 11.1 Å². The number of aryl methyl sites for hydroxylation is 2. The van der Waals surface area contributed by atoms with Gasteiger partial charge in [-0.05, 0) is 49.2 Å². The lowest BCUT2D eigenvalue weighted by Crippen LogP contribution is -2.04. The third kappa shape index (κ3) is 2.73. The van der Waals surface area contributed by atoms with Gasteiger partial charge in [-0.2, -0.15) is 4.98 Å². The lowest BCUT2D eigenvalue weighted by Gasteiger charge is -2.12. The highest BCUT2D eigenvalue weighted by Gasteiger charge is 2.09. The van der Waals surface area contributed by atoms with Gasteiger partial charge in [0.25, 0.3) is 0 Å². The molecule has 0 spiro atoms. The van der Waals surface area contributed by atoms with Gasteiger partial charge >= 0.3 is 0 Å². The summed E-state index contributed by atoms with van der Waals surface area (Å²) in [7, 11) is 0. The fourth-order valence-corrected chi connectivity index (χ4v) is 2.22. The molecule has 0 aliphatic heterocycles. The normalized spacial score (nSPS) is 10.4. The van der Waals surface area contributed by atoms with Crippen molar-refractivity contribution in [1.82, 2.24) is 9.97 Å². The van der Waals surface area contributed by atoms with Crippen LogP contribution in [0.4, 0.5) is 17.2 Å². The highest BCUT2D eigenvalue weighted by Crippen LogP contribution is 2.27. The highest BCUT2D eigenvalue weighted by molar-refractivity contribution is 9.10. The molecule has 2 rings (SSSR count). The maximum absolute atomic E-state index is 5.92. The average Bonchev–Trinajstić information content (AvgIpc) is 2.29. The van der Waals surface area contributed by atoms with Crippen molar-refractivity contribution in [1.29, 1.82) is 0 Å². The van der Waals surface area contributed by atoms with Crippen LogP contribution in [0.1, 0.15) is 11.3 Å². The standard InChI is InChI=1S/C12H12BrClN4/c1-6-5-8(13)3-4-9(6)17-11-10(15)7(2)16-12(14)18-11/h3-5H,15H2,1-2H3,(H,16,17,18). The predicted octanol–water partition coefficient (Wildman–Crippen LogP) is 3.84. The van der Waals surface area contributed by atoms with Crippen molar-refractivity contribution in [2.45, 2.75) is 13.8 Å². The SMILES string of the molecule is Cc1cc(Br)ccc1Nc1nc(Cl)nc(C)c1N. The summed E-state index contributed by atoms with van der Waals surface area (Å²) < 4.78 is 1.02. The van der Waals surface area contributed by atoms with Crippen molar-refractivity contribution >= 4 is 44.7 Å². The molecule has 2 aromatic rings. The average molecular weight is 328 g/mol. The summed E-state index contributed by atoms with van der Waals surface area (Å²) in [6.07, 6.45) is 0. The molecule has 3 N–H and O–H groups in total. The minimum absolute atomic E-state index is 0.180. The van der Waals surface area contributed by atoms with Gasteiger partial charge in [0.15, 0.2) is 5.82 Å². The first-order valence-electron chi connectivity index (χ1n) is 5.30. The second-order valence-corrected chi connectivity index (χ2v) is 5.18. The molecule has 0 bridgehead atoms. The van der Waals surface area contributed by atoms with Crippen LogP contribution < -0.4 is 11.1 Å². The summed E-state index contributed by atoms with van der Waals surface area (Å²) in [5, 5.41) is 3.35. The van der Waals surface area contributed by atoms with E-state index in [-0.39, 0.29) is 5.28 Å². The first kappa shape index (κ1) is 13.1. The Labute approximate surface area is 119 Å². The van der Waals surface area contributed by atoms with Crippen molar-refractivity contribution in [2.24, 2.45) is 0 Å². The number of anilines is 3. The molecule has 4 nitrogen and oxygen atoms in total. The molecule has 0 aliphatic rings. The number of halogens is 2. The molecule has 18 heavy (non-hydrogen) atoms. The molecule has 0 unspecified atom stereocenters. The number of nitrogens with zero attached hydrogens (tertiary/aromatic N) is 2. The summed E-state index contributed by atoms with van der Waals surface area (Å²) in [6, 6.07) is 5.90. The number of benzene rings is 1. The summed E-state index contributed by atoms with van der Waals surface area (Å²) >= 11 is 9.25. The number of rotatable bonds is 2. The van der Waals surface area contributed by atoms with Crippen molar-refractivity contribution < 1.29 is 0 Å². The minimum atomic E-state index is 0.180. The minimum Gasteiger partial charge on any atom is -0.394 e. The molecule has 0 saturated carbocycles. The third-order valence-electron chi connectivity index (χ3n) is 2.55. The van der Waals surface area contributed by atoms with Crippen LogP contribution in [0.3, 0.4) is 0 Å². The molecule has 94 valence electrons. The van der Waals surface area contributed by atoms with Gasteiger partial charge < -0.3 is 11.1 Å². The van der Waals surface area contributed by atoms with Crippen molar-refractivity contribution in [3.63, 3.8) is 0 Å². The Morgan fingerprint density at radius 1 is 1.28 bits per heavy atom. The molecule has 0 atom stereocenters. The molecular weight excluding hydrogens is 316 g/mol. The molecular formula is C12H12BrClN4. The first-order chi connectivity index (χ1) is 8.47. The molecule has 1 heterocycles. The van der Waals surface area contributed by atoms with E-state index in [4.69, 9.17) is 17.3 Å². The van der Waals surface area contributed by atoms with Gasteiger partial charge in [-0.1, -0.05) is 15.9 Å². The molecule has 0 radical (unpaired) electrons. The maximum atomic E-state index is 5.92. The molecule has 0 aliphatic carbocycles. The zero-order valence-electron chi connectivity index (χ0n) is 9.96. The third-order valence-corrected chi connectivity index (χ3v) is 3.21. The number of nitrogens with two attached hydrogens (primary N) is 1. The van der Waals surface area contributed by atoms with Crippen molar-refractivity contribution in [3.8, 4) is 0 Å². The maximum Gasteiger partial charge on any atom is 0.224 e. The topological polar surface area (TPSA) is 63.8 Å². The monoisotopic (exact) mass is 326 g/mol. The summed E-state index contributed by atoms with van der Waals surface area (Å²) in [5.74, 6) is 0.526. The van der Waals surface area contributed by atoms with E-state index in [1.165, 1.54) is 0 Å². The van der Waals surface area contributed by atoms with E-state index < -0.39 is 0 Å². The molecule has 0 amide bonds. The van der Waals surface area contributed by atoms with E-state index in [1.807, 2.05) is 25.1 Å². The molecule has 1 aromatic carbocycles. The fourth-order valence-electron chi connectivity index (χ4n) is 1.54. The Morgan fingerprint density at radius 2 is 2.00 bits per heavy atom. The smallest absolute Gasteiger partial charge is 0.224 e. The Hall–Kier alpha value is -1.33. The van der Waals surface area contributed by atoms with Gasteiger partial charge in [0, 0.05) is 10.2 Å². The summed E-state index contributed by atoms with van der Waals surface area (Å²) in [5.41, 5.74) is 9.09. The molecule has 0 fully saturated rings.